The van der Waals surface area contributed by atoms with Crippen LogP contribution >= 0.6 is 12.2 Å². The molecule has 8 heteroatoms. The second kappa shape index (κ2) is 8.00. The highest BCUT2D eigenvalue weighted by Crippen LogP contribution is 2.38. The van der Waals surface area contributed by atoms with Crippen molar-refractivity contribution in [3.05, 3.63) is 71.8 Å². The Bertz CT molecular complexity index is 1490. The van der Waals surface area contributed by atoms with E-state index in [0.717, 1.165) is 16.4 Å². The molecule has 0 bridgehead atoms. The molecule has 3 heterocycles. The maximum absolute atomic E-state index is 14.2. The molecule has 0 fully saturated rings. The first-order chi connectivity index (χ1) is 15.6. The predicted octanol–water partition coefficient (Wildman–Crippen LogP) is 4.32. The third-order valence-electron chi connectivity index (χ3n) is 5.64. The van der Waals surface area contributed by atoms with Crippen LogP contribution in [0.4, 0.5) is 4.39 Å². The summed E-state index contributed by atoms with van der Waals surface area (Å²) >= 11 is 4.61. The van der Waals surface area contributed by atoms with E-state index in [0.29, 0.717) is 36.0 Å². The number of imide groups is 1. The van der Waals surface area contributed by atoms with Crippen molar-refractivity contribution in [3.63, 3.8) is 0 Å². The largest absolute Gasteiger partial charge is 0.361 e. The number of carbonyl (C=O) groups is 2. The van der Waals surface area contributed by atoms with Crippen LogP contribution in [0.1, 0.15) is 17.5 Å². The summed E-state index contributed by atoms with van der Waals surface area (Å²) in [5.41, 5.74) is 3.29. The second-order valence-corrected chi connectivity index (χ2v) is 7.69. The van der Waals surface area contributed by atoms with Crippen LogP contribution in [0, 0.1) is 5.82 Å². The van der Waals surface area contributed by atoms with Crippen molar-refractivity contribution in [1.29, 1.82) is 0 Å². The number of benzene rings is 2. The number of aliphatic imine (C=N–C) groups is 1. The number of hydrogen-bond acceptors (Lipinski definition) is 4. The summed E-state index contributed by atoms with van der Waals surface area (Å²) in [5.74, 6) is -1.38. The number of aromatic nitrogens is 2. The molecule has 0 unspecified atom stereocenters. The van der Waals surface area contributed by atoms with Crippen molar-refractivity contribution in [3.8, 4) is 0 Å². The van der Waals surface area contributed by atoms with E-state index in [1.54, 1.807) is 18.5 Å². The van der Waals surface area contributed by atoms with E-state index in [2.05, 4.69) is 32.7 Å². The van der Waals surface area contributed by atoms with Gasteiger partial charge in [-0.3, -0.25) is 14.9 Å². The van der Waals surface area contributed by atoms with E-state index in [9.17, 15) is 14.0 Å². The first-order valence-electron chi connectivity index (χ1n) is 10.1. The summed E-state index contributed by atoms with van der Waals surface area (Å²) in [6, 6.07) is 12.0. The minimum atomic E-state index is -0.496. The smallest absolute Gasteiger partial charge is 0.259 e. The minimum absolute atomic E-state index is 0.242. The van der Waals surface area contributed by atoms with Gasteiger partial charge in [0.15, 0.2) is 0 Å². The molecule has 0 atom stereocenters. The number of carbonyl (C=O) groups excluding carboxylic acids is 2. The fraction of sp³-hybridized carbons (Fsp3) is 0.125. The van der Waals surface area contributed by atoms with Gasteiger partial charge in [0.1, 0.15) is 5.82 Å². The van der Waals surface area contributed by atoms with Crippen molar-refractivity contribution in [1.82, 2.24) is 14.9 Å². The number of isothiocyanates is 1. The van der Waals surface area contributed by atoms with Gasteiger partial charge in [-0.25, -0.2) is 9.38 Å². The van der Waals surface area contributed by atoms with Crippen LogP contribution < -0.4 is 5.32 Å². The first-order valence-corrected chi connectivity index (χ1v) is 10.5. The summed E-state index contributed by atoms with van der Waals surface area (Å²) in [7, 11) is 0. The summed E-state index contributed by atoms with van der Waals surface area (Å²) < 4.78 is 16.1. The van der Waals surface area contributed by atoms with E-state index < -0.39 is 17.6 Å². The van der Waals surface area contributed by atoms with Crippen molar-refractivity contribution in [2.24, 2.45) is 4.99 Å². The molecule has 1 aliphatic rings. The highest BCUT2D eigenvalue weighted by molar-refractivity contribution is 7.78. The second-order valence-electron chi connectivity index (χ2n) is 7.51. The van der Waals surface area contributed by atoms with Gasteiger partial charge in [-0.1, -0.05) is 18.2 Å². The highest BCUT2D eigenvalue weighted by atomic mass is 32.1. The SMILES string of the molecule is O=C1NC(=O)C(c2cn(CCCN=C=S)c3ccc(F)cc23)=C1c1c[nH]c2ccccc12. The Hall–Kier alpha value is -3.87. The van der Waals surface area contributed by atoms with Gasteiger partial charge in [0.25, 0.3) is 11.8 Å². The molecule has 4 aromatic rings. The molecular weight excluding hydrogens is 427 g/mol. The number of para-hydroxylation sites is 1. The number of H-pyrrole nitrogens is 1. The molecule has 2 aromatic carbocycles. The molecular formula is C24H17FN4O2S. The average molecular weight is 444 g/mol. The number of thiocarbonyl (C=S) groups is 1. The predicted molar refractivity (Wildman–Crippen MR) is 125 cm³/mol. The lowest BCUT2D eigenvalue weighted by Gasteiger charge is -2.03. The maximum atomic E-state index is 14.2. The molecule has 158 valence electrons. The first kappa shape index (κ1) is 20.1. The van der Waals surface area contributed by atoms with Gasteiger partial charge in [0, 0.05) is 51.9 Å². The van der Waals surface area contributed by atoms with Gasteiger partial charge >= 0.3 is 0 Å². The van der Waals surface area contributed by atoms with Crippen LogP contribution in [0.2, 0.25) is 0 Å². The molecule has 0 aliphatic carbocycles. The van der Waals surface area contributed by atoms with Gasteiger partial charge in [-0.15, -0.1) is 0 Å². The quantitative estimate of drug-likeness (QED) is 0.201. The Morgan fingerprint density at radius 1 is 1.03 bits per heavy atom. The van der Waals surface area contributed by atoms with Crippen molar-refractivity contribution < 1.29 is 14.0 Å². The lowest BCUT2D eigenvalue weighted by Crippen LogP contribution is -2.22. The standard InChI is InChI=1S/C24H17FN4O2S/c25-14-6-7-20-16(10-14)18(12-29(20)9-3-8-26-13-32)22-21(23(30)28-24(22)31)17-11-27-19-5-2-1-4-15(17)19/h1-2,4-7,10-12,27H,3,8-9H2,(H,28,30,31). The number of aryl methyl sites for hydroxylation is 1. The van der Waals surface area contributed by atoms with Gasteiger partial charge < -0.3 is 9.55 Å². The molecule has 6 nitrogen and oxygen atoms in total. The molecule has 1 aliphatic heterocycles. The summed E-state index contributed by atoms with van der Waals surface area (Å²) in [6.07, 6.45) is 4.22. The molecule has 2 amide bonds. The van der Waals surface area contributed by atoms with E-state index in [1.165, 1.54) is 12.1 Å². The summed E-state index contributed by atoms with van der Waals surface area (Å²) in [6.45, 7) is 1.11. The lowest BCUT2D eigenvalue weighted by molar-refractivity contribution is -0.122. The molecule has 32 heavy (non-hydrogen) atoms. The summed E-state index contributed by atoms with van der Waals surface area (Å²) in [4.78, 5) is 32.9. The zero-order valence-electron chi connectivity index (χ0n) is 16.8. The van der Waals surface area contributed by atoms with Crippen LogP contribution in [0.15, 0.2) is 59.9 Å². The molecule has 0 radical (unpaired) electrons. The van der Waals surface area contributed by atoms with E-state index in [-0.39, 0.29) is 11.1 Å². The number of halogens is 1. The average Bonchev–Trinajstić information content (AvgIpc) is 3.44. The van der Waals surface area contributed by atoms with E-state index in [1.807, 2.05) is 28.8 Å². The number of hydrogen-bond donors (Lipinski definition) is 2. The molecule has 5 rings (SSSR count). The van der Waals surface area contributed by atoms with E-state index in [4.69, 9.17) is 0 Å². The minimum Gasteiger partial charge on any atom is -0.361 e. The zero-order valence-corrected chi connectivity index (χ0v) is 17.6. The van der Waals surface area contributed by atoms with E-state index >= 15 is 0 Å². The van der Waals surface area contributed by atoms with Gasteiger partial charge in [0.05, 0.1) is 22.9 Å². The zero-order chi connectivity index (χ0) is 22.2. The monoisotopic (exact) mass is 444 g/mol. The van der Waals surface area contributed by atoms with Crippen molar-refractivity contribution >= 4 is 62.1 Å². The maximum Gasteiger partial charge on any atom is 0.259 e. The van der Waals surface area contributed by atoms with Gasteiger partial charge in [-0.2, -0.15) is 0 Å². The van der Waals surface area contributed by atoms with Gasteiger partial charge in [-0.05, 0) is 42.9 Å². The van der Waals surface area contributed by atoms with Crippen LogP contribution in [0.3, 0.4) is 0 Å². The molecule has 2 aromatic heterocycles. The van der Waals surface area contributed by atoms with Crippen LogP contribution in [-0.2, 0) is 16.1 Å². The molecule has 0 saturated carbocycles. The topological polar surface area (TPSA) is 79.2 Å². The molecule has 0 spiro atoms. The third kappa shape index (κ3) is 3.26. The third-order valence-corrected chi connectivity index (χ3v) is 5.76. The van der Waals surface area contributed by atoms with Crippen LogP contribution in [0.25, 0.3) is 33.0 Å². The van der Waals surface area contributed by atoms with Crippen molar-refractivity contribution in [2.75, 3.05) is 6.54 Å². The molecule has 2 N–H and O–H groups in total. The highest BCUT2D eigenvalue weighted by Gasteiger charge is 2.35. The fourth-order valence-corrected chi connectivity index (χ4v) is 4.36. The van der Waals surface area contributed by atoms with Gasteiger partial charge in [0.2, 0.25) is 0 Å². The number of nitrogens with zero attached hydrogens (tertiary/aromatic N) is 2. The number of amides is 2. The number of rotatable bonds is 6. The lowest BCUT2D eigenvalue weighted by atomic mass is 9.95. The Balaban J connectivity index is 1.73. The molecule has 0 saturated heterocycles. The fourth-order valence-electron chi connectivity index (χ4n) is 4.27. The Morgan fingerprint density at radius 3 is 2.62 bits per heavy atom. The summed E-state index contributed by atoms with van der Waals surface area (Å²) in [5, 5.41) is 6.16. The Kier molecular flexibility index (Phi) is 5.01. The number of fused-ring (bicyclic) bond motifs is 2. The number of nitrogens with one attached hydrogen (secondary N) is 2. The Morgan fingerprint density at radius 2 is 1.81 bits per heavy atom. The normalized spacial score (nSPS) is 13.8. The number of aromatic amines is 1. The van der Waals surface area contributed by atoms with Crippen LogP contribution in [0.5, 0.6) is 0 Å². The Labute approximate surface area is 187 Å². The van der Waals surface area contributed by atoms with Crippen molar-refractivity contribution in [2.45, 2.75) is 13.0 Å². The van der Waals surface area contributed by atoms with Crippen LogP contribution in [-0.4, -0.2) is 33.1 Å².